The Labute approximate surface area is 123 Å². The van der Waals surface area contributed by atoms with Crippen LogP contribution in [0.3, 0.4) is 0 Å². The molecule has 1 aliphatic rings. The summed E-state index contributed by atoms with van der Waals surface area (Å²) in [5.41, 5.74) is 0.434. The standard InChI is InChI=1S/C15H18N4O2/c1-11-9-21-10-12(2)19(11)15(20)13-5-3-6-14(17-13)18-8-4-7-16-18/h3-8,11-12H,9-10H2,1-2H3/t11-,12-/m1/s1. The predicted octanol–water partition coefficient (Wildman–Crippen LogP) is 1.52. The summed E-state index contributed by atoms with van der Waals surface area (Å²) in [7, 11) is 0. The van der Waals surface area contributed by atoms with Crippen LogP contribution in [0.25, 0.3) is 5.82 Å². The summed E-state index contributed by atoms with van der Waals surface area (Å²) in [5, 5.41) is 4.14. The molecule has 1 saturated heterocycles. The van der Waals surface area contributed by atoms with Gasteiger partial charge in [0.05, 0.1) is 25.3 Å². The molecule has 0 spiro atoms. The fourth-order valence-electron chi connectivity index (χ4n) is 2.61. The second-order valence-electron chi connectivity index (χ2n) is 5.28. The minimum atomic E-state index is -0.0627. The van der Waals surface area contributed by atoms with Crippen LogP contribution in [0.5, 0.6) is 0 Å². The maximum absolute atomic E-state index is 12.7. The molecular formula is C15H18N4O2. The first kappa shape index (κ1) is 13.8. The maximum atomic E-state index is 12.7. The average Bonchev–Trinajstić information content (AvgIpc) is 3.01. The Balaban J connectivity index is 1.89. The van der Waals surface area contributed by atoms with Crippen LogP contribution >= 0.6 is 0 Å². The third-order valence-electron chi connectivity index (χ3n) is 3.59. The molecule has 0 unspecified atom stereocenters. The zero-order valence-corrected chi connectivity index (χ0v) is 12.1. The van der Waals surface area contributed by atoms with Crippen LogP contribution < -0.4 is 0 Å². The van der Waals surface area contributed by atoms with Crippen LogP contribution in [0.4, 0.5) is 0 Å². The monoisotopic (exact) mass is 286 g/mol. The number of nitrogens with zero attached hydrogens (tertiary/aromatic N) is 4. The van der Waals surface area contributed by atoms with Gasteiger partial charge in [-0.25, -0.2) is 9.67 Å². The Bertz CT molecular complexity index is 616. The van der Waals surface area contributed by atoms with Gasteiger partial charge in [-0.3, -0.25) is 4.79 Å². The number of hydrogen-bond donors (Lipinski definition) is 0. The van der Waals surface area contributed by atoms with E-state index in [1.807, 2.05) is 36.9 Å². The highest BCUT2D eigenvalue weighted by Gasteiger charge is 2.31. The normalized spacial score (nSPS) is 22.3. The van der Waals surface area contributed by atoms with E-state index in [1.54, 1.807) is 23.1 Å². The van der Waals surface area contributed by atoms with Gasteiger partial charge in [-0.1, -0.05) is 6.07 Å². The van der Waals surface area contributed by atoms with Crippen molar-refractivity contribution in [3.63, 3.8) is 0 Å². The summed E-state index contributed by atoms with van der Waals surface area (Å²) in [5.74, 6) is 0.576. The summed E-state index contributed by atoms with van der Waals surface area (Å²) in [6.07, 6.45) is 3.48. The van der Waals surface area contributed by atoms with E-state index in [1.165, 1.54) is 0 Å². The zero-order chi connectivity index (χ0) is 14.8. The molecule has 3 heterocycles. The van der Waals surface area contributed by atoms with Gasteiger partial charge in [-0.05, 0) is 32.0 Å². The highest BCUT2D eigenvalue weighted by Crippen LogP contribution is 2.17. The largest absolute Gasteiger partial charge is 0.377 e. The summed E-state index contributed by atoms with van der Waals surface area (Å²) >= 11 is 0. The van der Waals surface area contributed by atoms with Crippen LogP contribution in [0.15, 0.2) is 36.7 Å². The first-order valence-electron chi connectivity index (χ1n) is 7.04. The lowest BCUT2D eigenvalue weighted by atomic mass is 10.1. The van der Waals surface area contributed by atoms with E-state index in [2.05, 4.69) is 10.1 Å². The van der Waals surface area contributed by atoms with E-state index >= 15 is 0 Å². The summed E-state index contributed by atoms with van der Waals surface area (Å²) < 4.78 is 7.11. The number of aromatic nitrogens is 3. The summed E-state index contributed by atoms with van der Waals surface area (Å²) in [6, 6.07) is 7.32. The van der Waals surface area contributed by atoms with E-state index in [-0.39, 0.29) is 18.0 Å². The lowest BCUT2D eigenvalue weighted by Crippen LogP contribution is -2.52. The van der Waals surface area contributed by atoms with Crippen molar-refractivity contribution in [3.8, 4) is 5.82 Å². The van der Waals surface area contributed by atoms with Gasteiger partial charge in [0, 0.05) is 12.4 Å². The molecule has 1 amide bonds. The van der Waals surface area contributed by atoms with Crippen LogP contribution in [-0.2, 0) is 4.74 Å². The number of hydrogen-bond acceptors (Lipinski definition) is 4. The first-order valence-corrected chi connectivity index (χ1v) is 7.04. The lowest BCUT2D eigenvalue weighted by molar-refractivity contribution is -0.0252. The van der Waals surface area contributed by atoms with Crippen molar-refractivity contribution < 1.29 is 9.53 Å². The maximum Gasteiger partial charge on any atom is 0.273 e. The number of rotatable bonds is 2. The molecule has 2 aromatic rings. The fourth-order valence-corrected chi connectivity index (χ4v) is 2.61. The molecule has 1 aliphatic heterocycles. The Morgan fingerprint density at radius 2 is 2.00 bits per heavy atom. The van der Waals surface area contributed by atoms with Crippen LogP contribution in [0.2, 0.25) is 0 Å². The molecule has 0 aliphatic carbocycles. The van der Waals surface area contributed by atoms with Crippen LogP contribution in [0, 0.1) is 0 Å². The molecule has 2 atom stereocenters. The molecule has 0 saturated carbocycles. The van der Waals surface area contributed by atoms with Crippen LogP contribution in [-0.4, -0.2) is 50.9 Å². The van der Waals surface area contributed by atoms with Gasteiger partial charge in [-0.15, -0.1) is 0 Å². The third kappa shape index (κ3) is 2.67. The number of ether oxygens (including phenoxy) is 1. The van der Waals surface area contributed by atoms with Crippen molar-refractivity contribution in [3.05, 3.63) is 42.4 Å². The van der Waals surface area contributed by atoms with Crippen molar-refractivity contribution in [1.82, 2.24) is 19.7 Å². The number of morpholine rings is 1. The lowest BCUT2D eigenvalue weighted by Gasteiger charge is -2.38. The molecule has 2 aromatic heterocycles. The van der Waals surface area contributed by atoms with Crippen molar-refractivity contribution in [1.29, 1.82) is 0 Å². The summed E-state index contributed by atoms with van der Waals surface area (Å²) in [6.45, 7) is 5.11. The smallest absolute Gasteiger partial charge is 0.273 e. The third-order valence-corrected chi connectivity index (χ3v) is 3.59. The quantitative estimate of drug-likeness (QED) is 0.839. The zero-order valence-electron chi connectivity index (χ0n) is 12.1. The van der Waals surface area contributed by atoms with Gasteiger partial charge in [0.15, 0.2) is 5.82 Å². The molecule has 0 aromatic carbocycles. The Kier molecular flexibility index (Phi) is 3.70. The minimum absolute atomic E-state index is 0.0522. The molecule has 3 rings (SSSR count). The second kappa shape index (κ2) is 5.65. The van der Waals surface area contributed by atoms with Crippen molar-refractivity contribution >= 4 is 5.91 Å². The highest BCUT2D eigenvalue weighted by molar-refractivity contribution is 5.93. The van der Waals surface area contributed by atoms with Gasteiger partial charge in [0.1, 0.15) is 5.69 Å². The fraction of sp³-hybridized carbons (Fsp3) is 0.400. The molecule has 1 fully saturated rings. The Hall–Kier alpha value is -2.21. The molecular weight excluding hydrogens is 268 g/mol. The molecule has 21 heavy (non-hydrogen) atoms. The van der Waals surface area contributed by atoms with E-state index < -0.39 is 0 Å². The van der Waals surface area contributed by atoms with E-state index in [0.29, 0.717) is 24.7 Å². The van der Waals surface area contributed by atoms with Crippen LogP contribution in [0.1, 0.15) is 24.3 Å². The number of carbonyl (C=O) groups excluding carboxylic acids is 1. The van der Waals surface area contributed by atoms with E-state index in [9.17, 15) is 4.79 Å². The van der Waals surface area contributed by atoms with Crippen molar-refractivity contribution in [2.75, 3.05) is 13.2 Å². The number of carbonyl (C=O) groups is 1. The predicted molar refractivity (Wildman–Crippen MR) is 77.3 cm³/mol. The topological polar surface area (TPSA) is 60.2 Å². The van der Waals surface area contributed by atoms with Gasteiger partial charge in [0.2, 0.25) is 0 Å². The molecule has 0 N–H and O–H groups in total. The highest BCUT2D eigenvalue weighted by atomic mass is 16.5. The van der Waals surface area contributed by atoms with Gasteiger partial charge in [-0.2, -0.15) is 5.10 Å². The molecule has 6 heteroatoms. The SMILES string of the molecule is C[C@@H]1COC[C@@H](C)N1C(=O)c1cccc(-n2cccn2)n1. The van der Waals surface area contributed by atoms with E-state index in [0.717, 1.165) is 0 Å². The van der Waals surface area contributed by atoms with Crippen molar-refractivity contribution in [2.24, 2.45) is 0 Å². The molecule has 110 valence electrons. The van der Waals surface area contributed by atoms with Gasteiger partial charge >= 0.3 is 0 Å². The molecule has 0 bridgehead atoms. The average molecular weight is 286 g/mol. The molecule has 6 nitrogen and oxygen atoms in total. The minimum Gasteiger partial charge on any atom is -0.377 e. The first-order chi connectivity index (χ1) is 10.2. The Morgan fingerprint density at radius 3 is 2.67 bits per heavy atom. The van der Waals surface area contributed by atoms with E-state index in [4.69, 9.17) is 4.74 Å². The van der Waals surface area contributed by atoms with Gasteiger partial charge in [0.25, 0.3) is 5.91 Å². The number of pyridine rings is 1. The second-order valence-corrected chi connectivity index (χ2v) is 5.28. The van der Waals surface area contributed by atoms with Crippen molar-refractivity contribution in [2.45, 2.75) is 25.9 Å². The Morgan fingerprint density at radius 1 is 1.24 bits per heavy atom. The van der Waals surface area contributed by atoms with Gasteiger partial charge < -0.3 is 9.64 Å². The number of amides is 1. The summed E-state index contributed by atoms with van der Waals surface area (Å²) in [4.78, 5) is 19.0. The molecule has 0 radical (unpaired) electrons.